The highest BCUT2D eigenvalue weighted by Gasteiger charge is 2.56. The summed E-state index contributed by atoms with van der Waals surface area (Å²) in [5.41, 5.74) is 4.84. The smallest absolute Gasteiger partial charge is 0.408 e. The second-order valence-electron chi connectivity index (χ2n) is 28.6. The number of imide groups is 1. The fourth-order valence-electron chi connectivity index (χ4n) is 15.4. The lowest BCUT2D eigenvalue weighted by Crippen LogP contribution is -2.55. The van der Waals surface area contributed by atoms with Gasteiger partial charge in [-0.2, -0.15) is 5.10 Å². The number of ketones is 1. The van der Waals surface area contributed by atoms with E-state index in [0.717, 1.165) is 57.6 Å². The normalized spacial score (nSPS) is 20.3. The van der Waals surface area contributed by atoms with Gasteiger partial charge in [0.05, 0.1) is 41.1 Å². The highest BCUT2D eigenvalue weighted by Crippen LogP contribution is 2.60. The minimum Gasteiger partial charge on any atom is -0.481 e. The lowest BCUT2D eigenvalue weighted by molar-refractivity contribution is -0.180. The predicted octanol–water partition coefficient (Wildman–Crippen LogP) is 10.1. The van der Waals surface area contributed by atoms with Crippen LogP contribution in [0.2, 0.25) is 0 Å². The molecule has 530 valence electrons. The summed E-state index contributed by atoms with van der Waals surface area (Å²) >= 11 is 1.40. The fourth-order valence-corrected chi connectivity index (χ4v) is 16.3. The summed E-state index contributed by atoms with van der Waals surface area (Å²) in [7, 11) is 1.53. The Labute approximate surface area is 584 Å². The summed E-state index contributed by atoms with van der Waals surface area (Å²) < 4.78 is 15.3. The summed E-state index contributed by atoms with van der Waals surface area (Å²) in [6, 6.07) is 21.1. The van der Waals surface area contributed by atoms with Crippen molar-refractivity contribution in [1.29, 1.82) is 0 Å². The number of hydrogen-bond acceptors (Lipinski definition) is 17. The Balaban J connectivity index is 0.694. The number of Topliss-reactive ketones (excluding diaryl/α,β-unsaturated/α-hetero) is 1. The Morgan fingerprint density at radius 2 is 1.57 bits per heavy atom. The van der Waals surface area contributed by atoms with Gasteiger partial charge in [0.25, 0.3) is 17.7 Å². The quantitative estimate of drug-likeness (QED) is 0.0180. The molecular formula is C74H89N11O14S. The first-order chi connectivity index (χ1) is 47.6. The maximum atomic E-state index is 13.9. The van der Waals surface area contributed by atoms with Crippen molar-refractivity contribution in [3.05, 3.63) is 131 Å². The van der Waals surface area contributed by atoms with Gasteiger partial charge in [-0.15, -0.1) is 0 Å². The number of aromatic carboxylic acids is 1. The van der Waals surface area contributed by atoms with E-state index in [1.165, 1.54) is 35.4 Å². The molecule has 2 aliphatic carbocycles. The zero-order chi connectivity index (χ0) is 71.8. The van der Waals surface area contributed by atoms with Crippen molar-refractivity contribution < 1.29 is 67.6 Å². The zero-order valence-corrected chi connectivity index (χ0v) is 58.7. The van der Waals surface area contributed by atoms with Gasteiger partial charge in [0, 0.05) is 98.8 Å². The second kappa shape index (κ2) is 31.2. The number of benzene rings is 3. The lowest BCUT2D eigenvalue weighted by atomic mass is 9.51. The number of unbranched alkanes of at least 4 members (excludes halogenated alkanes) is 2. The van der Waals surface area contributed by atoms with Crippen molar-refractivity contribution >= 4 is 97.4 Å². The Kier molecular flexibility index (Phi) is 22.8. The number of carboxylic acid groups (broad SMARTS) is 2. The van der Waals surface area contributed by atoms with Gasteiger partial charge in [0.1, 0.15) is 18.5 Å². The number of amides is 7. The van der Waals surface area contributed by atoms with Gasteiger partial charge in [-0.3, -0.25) is 53.3 Å². The third-order valence-corrected chi connectivity index (χ3v) is 20.5. The molecule has 5 heterocycles. The number of carbonyl (C=O) groups is 10. The van der Waals surface area contributed by atoms with Crippen LogP contribution in [0.3, 0.4) is 0 Å². The number of anilines is 3. The van der Waals surface area contributed by atoms with Crippen molar-refractivity contribution in [2.45, 2.75) is 163 Å². The number of nitrogens with one attached hydrogen (secondary N) is 4. The van der Waals surface area contributed by atoms with Crippen LogP contribution in [0, 0.1) is 35.5 Å². The topological polar surface area (TPSA) is 331 Å². The van der Waals surface area contributed by atoms with Crippen molar-refractivity contribution in [2.75, 3.05) is 48.8 Å². The zero-order valence-electron chi connectivity index (χ0n) is 57.9. The molecule has 6 aromatic rings. The lowest BCUT2D eigenvalue weighted by Gasteiger charge is -2.58. The van der Waals surface area contributed by atoms with Gasteiger partial charge in [0.15, 0.2) is 16.6 Å². The number of ether oxygens (including phenoxy) is 2. The minimum absolute atomic E-state index is 0.0939. The van der Waals surface area contributed by atoms with Gasteiger partial charge in [0.2, 0.25) is 17.7 Å². The standard InChI is InChI=1S/C74H89N11O14S/c1-44(2)64(80-60(87)19-10-9-13-29-84-61(88)26-27-62(84)89)57(86)33-46(4)66(92)76-50-22-20-48(21-23-50)39-98-71(97)78-56(34-63(90)91)68(94)82(8)31-32-99-74-36-45(3)35-72(6,41-74)40-73(7,42-74)43-85-47(5)53(37-75-85)51-24-25-59(79-65(51)69(95)96)83-30-28-49-15-14-16-52(54(49)38-83)67(93)81-70-77-55-17-11-12-18-58(55)100-70/h11-12,14-18,20-27,37,44-46,56,64H,9-10,13,19,28-36,38-43H2,1-8H3,(H,76,92)(H,78,97)(H,80,87)(H,90,91)(H,95,96)(H,77,81,93)/t45?,46-,56-,64+,72?,73?,74?/m1/s1. The number of aliphatic carboxylic acids is 1. The van der Waals surface area contributed by atoms with Crippen LogP contribution in [-0.4, -0.2) is 150 Å². The third kappa shape index (κ3) is 17.8. The molecule has 3 aromatic heterocycles. The SMILES string of the molecule is Cc1c(-c2ccc(N3CCc4cccc(C(=O)Nc5nc6ccccc6s5)c4C3)nc2C(=O)O)cnn1CC1(C)CC2(C)CC(C)CC(OCCN(C)C(=O)[C@@H](CC(=O)O)NC(=O)OCc3ccc(NC(=O)[C@H](C)CC(=O)[C@@H](NC(=O)CCCCCN4C(=O)C=CC4=O)C(C)C)cc3)(C2)C1. The summed E-state index contributed by atoms with van der Waals surface area (Å²) in [6.07, 6.45) is 8.80. The van der Waals surface area contributed by atoms with E-state index in [-0.39, 0.29) is 91.0 Å². The van der Waals surface area contributed by atoms with E-state index in [1.807, 2.05) is 59.0 Å². The molecule has 0 saturated heterocycles. The molecule has 7 amide bonds. The summed E-state index contributed by atoms with van der Waals surface area (Å²) in [6.45, 7) is 15.6. The minimum atomic E-state index is -1.47. The number of nitrogens with zero attached hydrogens (tertiary/aromatic N) is 7. The Morgan fingerprint density at radius 3 is 2.29 bits per heavy atom. The largest absolute Gasteiger partial charge is 0.481 e. The van der Waals surface area contributed by atoms with Gasteiger partial charge < -0.3 is 45.4 Å². The molecular weight excluding hydrogens is 1300 g/mol. The van der Waals surface area contributed by atoms with E-state index in [1.54, 1.807) is 63.4 Å². The van der Waals surface area contributed by atoms with Crippen LogP contribution in [-0.2, 0) is 69.2 Å². The van der Waals surface area contributed by atoms with Gasteiger partial charge >= 0.3 is 18.0 Å². The van der Waals surface area contributed by atoms with Gasteiger partial charge in [-0.05, 0) is 140 Å². The molecule has 4 aliphatic rings. The Hall–Kier alpha value is -9.69. The van der Waals surface area contributed by atoms with E-state index in [2.05, 4.69) is 47.0 Å². The molecule has 10 rings (SSSR count). The van der Waals surface area contributed by atoms with Crippen LogP contribution in [0.25, 0.3) is 21.3 Å². The average molecular weight is 1390 g/mol. The number of fused-ring (bicyclic) bond motifs is 4. The molecule has 2 saturated carbocycles. The first kappa shape index (κ1) is 73.0. The predicted molar refractivity (Wildman–Crippen MR) is 375 cm³/mol. The number of likely N-dealkylation sites (N-methyl/N-ethyl adjacent to an activating group) is 1. The van der Waals surface area contributed by atoms with Crippen LogP contribution in [0.4, 0.5) is 21.4 Å². The average Bonchev–Trinajstić information content (AvgIpc) is 0.929. The Morgan fingerprint density at radius 1 is 0.820 bits per heavy atom. The van der Waals surface area contributed by atoms with Crippen molar-refractivity contribution in [2.24, 2.45) is 28.6 Å². The van der Waals surface area contributed by atoms with Gasteiger partial charge in [-0.1, -0.05) is 95.7 Å². The molecule has 2 bridgehead atoms. The van der Waals surface area contributed by atoms with E-state index in [9.17, 15) is 58.2 Å². The van der Waals surface area contributed by atoms with Crippen molar-refractivity contribution in [3.8, 4) is 11.1 Å². The van der Waals surface area contributed by atoms with E-state index in [0.29, 0.717) is 96.5 Å². The molecule has 100 heavy (non-hydrogen) atoms. The third-order valence-electron chi connectivity index (χ3n) is 19.5. The molecule has 2 aliphatic heterocycles. The van der Waals surface area contributed by atoms with Crippen molar-refractivity contribution in [3.63, 3.8) is 0 Å². The molecule has 0 radical (unpaired) electrons. The number of alkyl carbamates (subject to hydrolysis) is 1. The van der Waals surface area contributed by atoms with E-state index >= 15 is 0 Å². The van der Waals surface area contributed by atoms with E-state index in [4.69, 9.17) is 19.6 Å². The van der Waals surface area contributed by atoms with Crippen LogP contribution >= 0.6 is 11.3 Å². The number of para-hydroxylation sites is 1. The molecule has 26 heteroatoms. The molecule has 7 atom stereocenters. The number of thiazole rings is 1. The fraction of sp³-hybridized carbons (Fsp3) is 0.473. The van der Waals surface area contributed by atoms with Crippen LogP contribution in [0.5, 0.6) is 0 Å². The number of hydrogen-bond donors (Lipinski definition) is 6. The molecule has 25 nitrogen and oxygen atoms in total. The number of aromatic nitrogens is 4. The summed E-state index contributed by atoms with van der Waals surface area (Å²) in [5.74, 6) is -5.36. The monoisotopic (exact) mass is 1390 g/mol. The molecule has 4 unspecified atom stereocenters. The van der Waals surface area contributed by atoms with Crippen LogP contribution < -0.4 is 26.2 Å². The van der Waals surface area contributed by atoms with Gasteiger partial charge in [-0.25, -0.2) is 19.6 Å². The molecule has 0 spiro atoms. The van der Waals surface area contributed by atoms with Crippen molar-refractivity contribution in [1.82, 2.24) is 40.2 Å². The number of pyridine rings is 1. The maximum Gasteiger partial charge on any atom is 0.408 e. The summed E-state index contributed by atoms with van der Waals surface area (Å²) in [4.78, 5) is 143. The maximum absolute atomic E-state index is 13.9. The highest BCUT2D eigenvalue weighted by molar-refractivity contribution is 7.22. The molecule has 2 fully saturated rings. The van der Waals surface area contributed by atoms with E-state index < -0.39 is 59.9 Å². The number of rotatable bonds is 30. The number of carboxylic acids is 2. The first-order valence-corrected chi connectivity index (χ1v) is 35.0. The number of carbonyl (C=O) groups excluding carboxylic acids is 8. The van der Waals surface area contributed by atoms with Crippen LogP contribution in [0.1, 0.15) is 155 Å². The van der Waals surface area contributed by atoms with Crippen LogP contribution in [0.15, 0.2) is 97.2 Å². The Bertz CT molecular complexity index is 4100. The molecule has 3 aromatic carbocycles. The first-order valence-electron chi connectivity index (χ1n) is 34.2. The highest BCUT2D eigenvalue weighted by atomic mass is 32.1. The second-order valence-corrected chi connectivity index (χ2v) is 29.6. The summed E-state index contributed by atoms with van der Waals surface area (Å²) in [5, 5.41) is 36.9. The molecule has 6 N–H and O–H groups in total.